The molecule has 0 saturated heterocycles. The number of hydrogen-bond donors (Lipinski definition) is 0. The van der Waals surface area contributed by atoms with E-state index in [1.165, 1.54) is 0 Å². The Hall–Kier alpha value is -2.23. The van der Waals surface area contributed by atoms with E-state index in [0.717, 1.165) is 17.1 Å². The molecule has 17 heavy (non-hydrogen) atoms. The Kier molecular flexibility index (Phi) is 3.45. The van der Waals surface area contributed by atoms with Gasteiger partial charge in [-0.25, -0.2) is 0 Å². The molecule has 0 amide bonds. The smallest absolute Gasteiger partial charge is 0.109 e. The Morgan fingerprint density at radius 1 is 0.941 bits per heavy atom. The molecule has 0 saturated carbocycles. The minimum Gasteiger partial charge on any atom is -0.376 e. The first kappa shape index (κ1) is 11.3. The van der Waals surface area contributed by atoms with E-state index in [-0.39, 0.29) is 0 Å². The van der Waals surface area contributed by atoms with Crippen LogP contribution < -0.4 is 4.90 Å². The maximum absolute atomic E-state index is 4.25. The van der Waals surface area contributed by atoms with Crippen LogP contribution in [0.4, 0.5) is 17.1 Å². The summed E-state index contributed by atoms with van der Waals surface area (Å²) in [4.78, 5) is 5.95. The van der Waals surface area contributed by atoms with Gasteiger partial charge in [-0.1, -0.05) is 12.1 Å². The maximum atomic E-state index is 4.25. The lowest BCUT2D eigenvalue weighted by Crippen LogP contribution is -2.08. The fourth-order valence-electron chi connectivity index (χ4n) is 1.45. The van der Waals surface area contributed by atoms with Crippen LogP contribution in [0.15, 0.2) is 59.0 Å². The van der Waals surface area contributed by atoms with Crippen LogP contribution >= 0.6 is 0 Å². The lowest BCUT2D eigenvalue weighted by atomic mass is 10.2. The standard InChI is InChI=1S/C13H14N4/c1-17(2)13-6-4-3-5-12(13)16-15-11-7-9-14-10-8-11/h3-10H,1-2H3. The van der Waals surface area contributed by atoms with Gasteiger partial charge in [-0.2, -0.15) is 5.11 Å². The number of para-hydroxylation sites is 1. The first-order valence-corrected chi connectivity index (χ1v) is 5.35. The van der Waals surface area contributed by atoms with E-state index in [2.05, 4.69) is 15.2 Å². The Balaban J connectivity index is 2.27. The molecule has 2 aromatic rings. The van der Waals surface area contributed by atoms with Crippen molar-refractivity contribution >= 4 is 17.1 Å². The summed E-state index contributed by atoms with van der Waals surface area (Å²) in [6.07, 6.45) is 3.40. The second kappa shape index (κ2) is 5.21. The molecule has 0 radical (unpaired) electrons. The highest BCUT2D eigenvalue weighted by Crippen LogP contribution is 2.28. The van der Waals surface area contributed by atoms with Crippen molar-refractivity contribution in [2.75, 3.05) is 19.0 Å². The van der Waals surface area contributed by atoms with Crippen LogP contribution in [0.2, 0.25) is 0 Å². The topological polar surface area (TPSA) is 40.9 Å². The highest BCUT2D eigenvalue weighted by atomic mass is 15.1. The monoisotopic (exact) mass is 226 g/mol. The Morgan fingerprint density at radius 2 is 1.65 bits per heavy atom. The number of anilines is 1. The molecular weight excluding hydrogens is 212 g/mol. The average Bonchev–Trinajstić information content (AvgIpc) is 2.38. The highest BCUT2D eigenvalue weighted by molar-refractivity contribution is 5.65. The van der Waals surface area contributed by atoms with E-state index in [1.807, 2.05) is 55.4 Å². The first-order valence-electron chi connectivity index (χ1n) is 5.35. The van der Waals surface area contributed by atoms with Crippen LogP contribution in [0.5, 0.6) is 0 Å². The third kappa shape index (κ3) is 2.87. The molecule has 0 aliphatic carbocycles. The van der Waals surface area contributed by atoms with Crippen molar-refractivity contribution < 1.29 is 0 Å². The van der Waals surface area contributed by atoms with Gasteiger partial charge in [-0.3, -0.25) is 4.98 Å². The van der Waals surface area contributed by atoms with Crippen LogP contribution in [-0.2, 0) is 0 Å². The van der Waals surface area contributed by atoms with Gasteiger partial charge in [0, 0.05) is 26.5 Å². The van der Waals surface area contributed by atoms with Crippen LogP contribution in [-0.4, -0.2) is 19.1 Å². The number of benzene rings is 1. The van der Waals surface area contributed by atoms with Crippen LogP contribution in [0.1, 0.15) is 0 Å². The van der Waals surface area contributed by atoms with Crippen molar-refractivity contribution in [3.8, 4) is 0 Å². The molecule has 1 heterocycles. The van der Waals surface area contributed by atoms with E-state index in [0.29, 0.717) is 0 Å². The minimum absolute atomic E-state index is 0.800. The number of hydrogen-bond acceptors (Lipinski definition) is 4. The van der Waals surface area contributed by atoms with Gasteiger partial charge in [0.05, 0.1) is 11.4 Å². The number of pyridine rings is 1. The van der Waals surface area contributed by atoms with Crippen LogP contribution in [0, 0.1) is 0 Å². The molecule has 0 N–H and O–H groups in total. The molecule has 4 heteroatoms. The summed E-state index contributed by atoms with van der Waals surface area (Å²) in [5, 5.41) is 8.43. The van der Waals surface area contributed by atoms with E-state index in [9.17, 15) is 0 Å². The van der Waals surface area contributed by atoms with Gasteiger partial charge < -0.3 is 4.90 Å². The van der Waals surface area contributed by atoms with Gasteiger partial charge in [0.1, 0.15) is 5.69 Å². The van der Waals surface area contributed by atoms with Crippen LogP contribution in [0.25, 0.3) is 0 Å². The van der Waals surface area contributed by atoms with E-state index in [1.54, 1.807) is 12.4 Å². The van der Waals surface area contributed by atoms with Gasteiger partial charge in [-0.05, 0) is 24.3 Å². The highest BCUT2D eigenvalue weighted by Gasteiger charge is 2.01. The van der Waals surface area contributed by atoms with Crippen molar-refractivity contribution in [1.29, 1.82) is 0 Å². The zero-order valence-corrected chi connectivity index (χ0v) is 9.91. The predicted molar refractivity (Wildman–Crippen MR) is 69.2 cm³/mol. The Morgan fingerprint density at radius 3 is 2.35 bits per heavy atom. The van der Waals surface area contributed by atoms with Crippen molar-refractivity contribution in [3.63, 3.8) is 0 Å². The maximum Gasteiger partial charge on any atom is 0.109 e. The summed E-state index contributed by atoms with van der Waals surface area (Å²) in [6.45, 7) is 0. The normalized spacial score (nSPS) is 10.7. The summed E-state index contributed by atoms with van der Waals surface area (Å²) >= 11 is 0. The second-order valence-electron chi connectivity index (χ2n) is 3.79. The second-order valence-corrected chi connectivity index (χ2v) is 3.79. The zero-order valence-electron chi connectivity index (χ0n) is 9.91. The van der Waals surface area contributed by atoms with Crippen LogP contribution in [0.3, 0.4) is 0 Å². The summed E-state index contributed by atoms with van der Waals surface area (Å²) < 4.78 is 0. The molecule has 0 aliphatic rings. The molecule has 2 rings (SSSR count). The number of azo groups is 1. The molecule has 0 bridgehead atoms. The van der Waals surface area contributed by atoms with Gasteiger partial charge in [0.25, 0.3) is 0 Å². The van der Waals surface area contributed by atoms with Crippen molar-refractivity contribution in [2.24, 2.45) is 10.2 Å². The summed E-state index contributed by atoms with van der Waals surface area (Å²) in [5.41, 5.74) is 2.70. The Bertz CT molecular complexity index is 506. The molecule has 0 fully saturated rings. The molecular formula is C13H14N4. The molecule has 1 aromatic carbocycles. The molecule has 4 nitrogen and oxygen atoms in total. The molecule has 0 unspecified atom stereocenters. The summed E-state index contributed by atoms with van der Waals surface area (Å²) in [5.74, 6) is 0. The van der Waals surface area contributed by atoms with Gasteiger partial charge in [0.15, 0.2) is 0 Å². The van der Waals surface area contributed by atoms with Gasteiger partial charge >= 0.3 is 0 Å². The third-order valence-electron chi connectivity index (χ3n) is 2.30. The van der Waals surface area contributed by atoms with Crippen molar-refractivity contribution in [1.82, 2.24) is 4.98 Å². The SMILES string of the molecule is CN(C)c1ccccc1N=Nc1ccncc1. The number of nitrogens with zero attached hydrogens (tertiary/aromatic N) is 4. The van der Waals surface area contributed by atoms with E-state index in [4.69, 9.17) is 0 Å². The molecule has 0 atom stereocenters. The van der Waals surface area contributed by atoms with E-state index < -0.39 is 0 Å². The summed E-state index contributed by atoms with van der Waals surface area (Å²) in [7, 11) is 3.97. The molecule has 86 valence electrons. The van der Waals surface area contributed by atoms with Crippen molar-refractivity contribution in [3.05, 3.63) is 48.8 Å². The zero-order chi connectivity index (χ0) is 12.1. The largest absolute Gasteiger partial charge is 0.376 e. The number of rotatable bonds is 3. The van der Waals surface area contributed by atoms with E-state index >= 15 is 0 Å². The van der Waals surface area contributed by atoms with Crippen molar-refractivity contribution in [2.45, 2.75) is 0 Å². The quantitative estimate of drug-likeness (QED) is 0.751. The first-order chi connectivity index (χ1) is 8.27. The minimum atomic E-state index is 0.800. The molecule has 0 aliphatic heterocycles. The number of aromatic nitrogens is 1. The lowest BCUT2D eigenvalue weighted by molar-refractivity contribution is 1.11. The Labute approximate surface area is 101 Å². The third-order valence-corrected chi connectivity index (χ3v) is 2.30. The summed E-state index contributed by atoms with van der Waals surface area (Å²) in [6, 6.07) is 11.5. The lowest BCUT2D eigenvalue weighted by Gasteiger charge is -2.13. The van der Waals surface area contributed by atoms with Gasteiger partial charge in [-0.15, -0.1) is 5.11 Å². The predicted octanol–water partition coefficient (Wildman–Crippen LogP) is 3.56. The fraction of sp³-hybridized carbons (Fsp3) is 0.154. The molecule has 1 aromatic heterocycles. The molecule has 0 spiro atoms. The van der Waals surface area contributed by atoms with Gasteiger partial charge in [0.2, 0.25) is 0 Å². The fourth-order valence-corrected chi connectivity index (χ4v) is 1.45. The average molecular weight is 226 g/mol.